The van der Waals surface area contributed by atoms with Crippen LogP contribution in [0, 0.1) is 13.8 Å². The van der Waals surface area contributed by atoms with Crippen LogP contribution in [0.5, 0.6) is 23.0 Å². The van der Waals surface area contributed by atoms with Gasteiger partial charge in [-0.15, -0.1) is 0 Å². The highest BCUT2D eigenvalue weighted by Crippen LogP contribution is 2.43. The van der Waals surface area contributed by atoms with Crippen molar-refractivity contribution < 1.29 is 65.4 Å². The van der Waals surface area contributed by atoms with Crippen molar-refractivity contribution in [3.8, 4) is 23.0 Å². The molecule has 97 heavy (non-hydrogen) atoms. The molecule has 14 rings (SSSR count). The van der Waals surface area contributed by atoms with E-state index in [1.807, 2.05) is 116 Å². The lowest BCUT2D eigenvalue weighted by atomic mass is 10.0. The van der Waals surface area contributed by atoms with Gasteiger partial charge in [0.1, 0.15) is 24.7 Å². The van der Waals surface area contributed by atoms with Crippen molar-refractivity contribution in [3.63, 3.8) is 0 Å². The average Bonchev–Trinajstić information content (AvgIpc) is 1.64. The molecular weight excluding hydrogens is 1250 g/mol. The second-order valence-electron chi connectivity index (χ2n) is 23.3. The van der Waals surface area contributed by atoms with Gasteiger partial charge in [0.25, 0.3) is 27.8 Å². The summed E-state index contributed by atoms with van der Waals surface area (Å²) in [6.07, 6.45) is 9.35. The molecule has 0 unspecified atom stereocenters. The summed E-state index contributed by atoms with van der Waals surface area (Å²) >= 11 is 0. The fraction of sp³-hybridized carbons (Fsp3) is 0.263. The molecule has 0 spiro atoms. The van der Waals surface area contributed by atoms with Gasteiger partial charge in [-0.1, -0.05) is 89.9 Å². The number of para-hydroxylation sites is 3. The number of methoxy groups -OCH3 is 3. The lowest BCUT2D eigenvalue weighted by Crippen LogP contribution is -2.37. The van der Waals surface area contributed by atoms with E-state index in [2.05, 4.69) is 9.73 Å². The summed E-state index contributed by atoms with van der Waals surface area (Å²) in [5.74, 6) is 0.255. The number of carbonyl (C=O) groups excluding carboxylic acids is 5. The standard InChI is InChI=1S/C44H36N4O7.C17H14N2O2.C12H16O5S.3CH4/c1-25-12-33-35(45-21-31-16-28-8-4-6-10-37(28)47(31)42(33)49)19-39(25)54-23-26-13-27(15-30(14-26)44(51)53-3)24-55-41-20-36-34(18-40(41)52-2)43(50)48-32(22-46-36)17-29-9-5-7-11-38(29)48;1-10-6-13-14(8-16(10)20)18-9-12-7-11-4-2-3-5-15(11)19(12)17(13)21;1-4-9-5-10(8-17-18(3,14)15)7-11(6-9)12(13)16-2;;;/h4-15,18-22,31-32H,16-17,23-24H2,1-3H3;2-6,8-9,12,20H,7H2,1H3;5-7H,4,8H2,1-3H3;3*1H4/t31-,32-;12-;;;;/m00..../s1. The average molecular weight is 1330 g/mol. The van der Waals surface area contributed by atoms with Crippen molar-refractivity contribution >= 4 is 92.5 Å². The van der Waals surface area contributed by atoms with Crippen LogP contribution in [0.4, 0.5) is 34.1 Å². The normalized spacial score (nSPS) is 16.0. The van der Waals surface area contributed by atoms with E-state index in [1.54, 1.807) is 83.6 Å². The first-order valence-electron chi connectivity index (χ1n) is 30.4. The van der Waals surface area contributed by atoms with Gasteiger partial charge in [0.05, 0.1) is 97.2 Å². The van der Waals surface area contributed by atoms with Crippen LogP contribution in [-0.2, 0) is 69.3 Å². The maximum atomic E-state index is 13.8. The second kappa shape index (κ2) is 29.5. The molecule has 502 valence electrons. The minimum atomic E-state index is -3.50. The maximum absolute atomic E-state index is 13.8. The van der Waals surface area contributed by atoms with Crippen molar-refractivity contribution in [2.45, 2.75) is 107 Å². The number of phenols is 1. The number of carbonyl (C=O) groups is 5. The van der Waals surface area contributed by atoms with Crippen molar-refractivity contribution in [3.05, 3.63) is 223 Å². The van der Waals surface area contributed by atoms with Crippen LogP contribution >= 0.6 is 0 Å². The zero-order valence-electron chi connectivity index (χ0n) is 52.6. The Labute approximate surface area is 565 Å². The minimum absolute atomic E-state index is 0. The van der Waals surface area contributed by atoms with Gasteiger partial charge < -0.3 is 28.8 Å². The first kappa shape index (κ1) is 70.5. The van der Waals surface area contributed by atoms with E-state index >= 15 is 0 Å². The first-order chi connectivity index (χ1) is 45.3. The molecule has 20 nitrogen and oxygen atoms in total. The van der Waals surface area contributed by atoms with Crippen LogP contribution in [0.3, 0.4) is 0 Å². The molecule has 21 heteroatoms. The SMILES string of the molecule is C.C.C.CCc1cc(COS(C)(=O)=O)cc(C(=O)OC)c1.COC(=O)c1cc(COc2cc3c(cc2C)C(=O)N2c4ccccc4C[C@H]2C=N3)cc(COc2cc3c(cc2OC)C(=O)N2c4ccccc4C[C@H]2C=N3)c1.Cc1cc2c(cc1O)N=C[C@@H]1Cc3ccccc3N1C2=O. The van der Waals surface area contributed by atoms with Gasteiger partial charge in [-0.2, -0.15) is 8.42 Å². The highest BCUT2D eigenvalue weighted by atomic mass is 32.2. The molecule has 6 aliphatic heterocycles. The maximum Gasteiger partial charge on any atom is 0.337 e. The Kier molecular flexibility index (Phi) is 21.4. The Morgan fingerprint density at radius 3 is 1.31 bits per heavy atom. The smallest absolute Gasteiger partial charge is 0.337 e. The Hall–Kier alpha value is -10.8. The summed E-state index contributed by atoms with van der Waals surface area (Å²) in [7, 11) is 0.656. The van der Waals surface area contributed by atoms with Gasteiger partial charge in [-0.3, -0.25) is 48.2 Å². The third-order valence-electron chi connectivity index (χ3n) is 17.0. The highest BCUT2D eigenvalue weighted by molar-refractivity contribution is 7.85. The van der Waals surface area contributed by atoms with Gasteiger partial charge in [0.2, 0.25) is 0 Å². The number of hydrogen-bond donors (Lipinski definition) is 1. The third-order valence-corrected chi connectivity index (χ3v) is 17.6. The van der Waals surface area contributed by atoms with E-state index in [-0.39, 0.29) is 83.7 Å². The number of rotatable bonds is 13. The quantitative estimate of drug-likeness (QED) is 0.0834. The number of aliphatic imine (C=N–C) groups is 3. The molecule has 0 fully saturated rings. The molecule has 0 bridgehead atoms. The van der Waals surface area contributed by atoms with Crippen molar-refractivity contribution in [1.82, 2.24) is 0 Å². The Bertz CT molecular complexity index is 4620. The molecule has 6 heterocycles. The lowest BCUT2D eigenvalue weighted by molar-refractivity contribution is 0.0591. The molecule has 1 N–H and O–H groups in total. The third kappa shape index (κ3) is 14.6. The second-order valence-corrected chi connectivity index (χ2v) is 25.0. The fourth-order valence-corrected chi connectivity index (χ4v) is 12.7. The number of benzene rings is 8. The largest absolute Gasteiger partial charge is 0.508 e. The number of aryl methyl sites for hydroxylation is 3. The molecule has 3 atom stereocenters. The Morgan fingerprint density at radius 2 is 0.876 bits per heavy atom. The summed E-state index contributed by atoms with van der Waals surface area (Å²) in [6.45, 7) is 5.73. The van der Waals surface area contributed by atoms with Crippen molar-refractivity contribution in [2.75, 3.05) is 42.3 Å². The molecule has 0 saturated carbocycles. The predicted molar refractivity (Wildman–Crippen MR) is 377 cm³/mol. The number of hydrogen-bond acceptors (Lipinski definition) is 17. The number of amides is 3. The topological polar surface area (TPSA) is 242 Å². The van der Waals surface area contributed by atoms with Crippen LogP contribution in [0.1, 0.15) is 131 Å². The van der Waals surface area contributed by atoms with Gasteiger partial charge in [0, 0.05) is 73.2 Å². The van der Waals surface area contributed by atoms with Gasteiger partial charge in [0.15, 0.2) is 11.5 Å². The van der Waals surface area contributed by atoms with Crippen molar-refractivity contribution in [1.29, 1.82) is 0 Å². The molecule has 8 aromatic carbocycles. The van der Waals surface area contributed by atoms with Gasteiger partial charge in [-0.25, -0.2) is 9.59 Å². The molecule has 0 aliphatic carbocycles. The van der Waals surface area contributed by atoms with Crippen LogP contribution in [-0.4, -0.2) is 108 Å². The number of nitrogens with zero attached hydrogens (tertiary/aromatic N) is 6. The summed E-state index contributed by atoms with van der Waals surface area (Å²) in [4.78, 5) is 84.0. The Morgan fingerprint density at radius 1 is 0.495 bits per heavy atom. The van der Waals surface area contributed by atoms with Gasteiger partial charge >= 0.3 is 11.9 Å². The molecule has 8 aromatic rings. The van der Waals surface area contributed by atoms with E-state index < -0.39 is 22.1 Å². The number of phenolic OH excluding ortho intramolecular Hbond substituents is 1. The Balaban J connectivity index is 0.000000215. The van der Waals surface area contributed by atoms with Crippen LogP contribution in [0.2, 0.25) is 0 Å². The van der Waals surface area contributed by atoms with E-state index in [0.29, 0.717) is 97.2 Å². The fourth-order valence-electron chi connectivity index (χ4n) is 12.4. The first-order valence-corrected chi connectivity index (χ1v) is 32.2. The predicted octanol–water partition coefficient (Wildman–Crippen LogP) is 13.9. The van der Waals surface area contributed by atoms with E-state index in [4.69, 9.17) is 33.1 Å². The molecule has 0 saturated heterocycles. The number of ether oxygens (including phenoxy) is 5. The van der Waals surface area contributed by atoms with Gasteiger partial charge in [-0.05, 0) is 137 Å². The molecule has 0 radical (unpaired) electrons. The monoisotopic (exact) mass is 1330 g/mol. The number of aromatic hydroxyl groups is 1. The number of fused-ring (bicyclic) bond motifs is 12. The van der Waals surface area contributed by atoms with E-state index in [1.165, 1.54) is 26.9 Å². The molecular formula is C76H78N6O14S. The lowest BCUT2D eigenvalue weighted by Gasteiger charge is -2.22. The van der Waals surface area contributed by atoms with E-state index in [0.717, 1.165) is 58.4 Å². The summed E-state index contributed by atoms with van der Waals surface area (Å²) in [5, 5.41) is 9.82. The molecule has 0 aromatic heterocycles. The highest BCUT2D eigenvalue weighted by Gasteiger charge is 2.39. The van der Waals surface area contributed by atoms with Crippen LogP contribution in [0.25, 0.3) is 0 Å². The molecule has 3 amide bonds. The molecule has 6 aliphatic rings. The van der Waals surface area contributed by atoms with Crippen LogP contribution < -0.4 is 28.9 Å². The summed E-state index contributed by atoms with van der Waals surface area (Å²) in [5.41, 5.74) is 14.3. The summed E-state index contributed by atoms with van der Waals surface area (Å²) in [6, 6.07) is 44.1. The zero-order valence-corrected chi connectivity index (χ0v) is 53.4. The zero-order chi connectivity index (χ0) is 66.1. The van der Waals surface area contributed by atoms with Crippen molar-refractivity contribution in [2.24, 2.45) is 15.0 Å². The number of esters is 2. The van der Waals surface area contributed by atoms with Crippen LogP contribution in [0.15, 0.2) is 161 Å². The minimum Gasteiger partial charge on any atom is -0.508 e. The summed E-state index contributed by atoms with van der Waals surface area (Å²) < 4.78 is 54.5. The van der Waals surface area contributed by atoms with E-state index in [9.17, 15) is 37.5 Å². The number of anilines is 3.